The molecule has 2 rings (SSSR count). The van der Waals surface area contributed by atoms with Crippen LogP contribution in [0.4, 0.5) is 0 Å². The zero-order chi connectivity index (χ0) is 9.10. The van der Waals surface area contributed by atoms with Gasteiger partial charge in [-0.25, -0.2) is 0 Å². The molecule has 72 valence electrons. The molecule has 1 aliphatic heterocycles. The Morgan fingerprint density at radius 3 is 3.08 bits per heavy atom. The molecule has 13 heavy (non-hydrogen) atoms. The SMILES string of the molecule is CN1CCCC(c2ccsc2)CC1. The Hall–Kier alpha value is -0.340. The molecule has 0 amide bonds. The highest BCUT2D eigenvalue weighted by molar-refractivity contribution is 7.07. The Labute approximate surface area is 84.4 Å². The summed E-state index contributed by atoms with van der Waals surface area (Å²) < 4.78 is 0. The summed E-state index contributed by atoms with van der Waals surface area (Å²) >= 11 is 1.83. The molecular weight excluding hydrogens is 178 g/mol. The monoisotopic (exact) mass is 195 g/mol. The first-order chi connectivity index (χ1) is 6.36. The van der Waals surface area contributed by atoms with Crippen molar-refractivity contribution in [1.82, 2.24) is 4.90 Å². The van der Waals surface area contributed by atoms with Gasteiger partial charge in [0.15, 0.2) is 0 Å². The molecule has 0 radical (unpaired) electrons. The van der Waals surface area contributed by atoms with Crippen molar-refractivity contribution in [1.29, 1.82) is 0 Å². The Bertz CT molecular complexity index is 243. The molecule has 1 nitrogen and oxygen atoms in total. The van der Waals surface area contributed by atoms with Crippen molar-refractivity contribution in [2.75, 3.05) is 20.1 Å². The van der Waals surface area contributed by atoms with E-state index in [4.69, 9.17) is 0 Å². The minimum absolute atomic E-state index is 0.830. The van der Waals surface area contributed by atoms with Gasteiger partial charge >= 0.3 is 0 Å². The number of likely N-dealkylation sites (tertiary alicyclic amines) is 1. The second-order valence-electron chi connectivity index (χ2n) is 3.99. The molecule has 1 unspecified atom stereocenters. The third-order valence-electron chi connectivity index (χ3n) is 2.97. The molecule has 2 heteroatoms. The normalized spacial score (nSPS) is 25.8. The quantitative estimate of drug-likeness (QED) is 0.666. The highest BCUT2D eigenvalue weighted by Crippen LogP contribution is 2.28. The smallest absolute Gasteiger partial charge is 0.00160 e. The lowest BCUT2D eigenvalue weighted by Crippen LogP contribution is -2.18. The van der Waals surface area contributed by atoms with Crippen molar-refractivity contribution in [3.8, 4) is 0 Å². The van der Waals surface area contributed by atoms with Crippen LogP contribution < -0.4 is 0 Å². The molecular formula is C11H17NS. The summed E-state index contributed by atoms with van der Waals surface area (Å²) in [6.07, 6.45) is 4.07. The maximum absolute atomic E-state index is 2.45. The summed E-state index contributed by atoms with van der Waals surface area (Å²) in [5.41, 5.74) is 1.57. The average molecular weight is 195 g/mol. The van der Waals surface area contributed by atoms with E-state index >= 15 is 0 Å². The first-order valence-electron chi connectivity index (χ1n) is 5.07. The van der Waals surface area contributed by atoms with E-state index in [-0.39, 0.29) is 0 Å². The average Bonchev–Trinajstić information content (AvgIpc) is 2.56. The zero-order valence-electron chi connectivity index (χ0n) is 8.20. The van der Waals surface area contributed by atoms with Crippen molar-refractivity contribution in [2.24, 2.45) is 0 Å². The van der Waals surface area contributed by atoms with Crippen LogP contribution in [0.1, 0.15) is 30.7 Å². The molecule has 0 spiro atoms. The van der Waals surface area contributed by atoms with E-state index in [9.17, 15) is 0 Å². The number of thiophene rings is 1. The molecule has 1 saturated heterocycles. The topological polar surface area (TPSA) is 3.24 Å². The van der Waals surface area contributed by atoms with Gasteiger partial charge in [-0.05, 0) is 67.7 Å². The van der Waals surface area contributed by atoms with Gasteiger partial charge in [0, 0.05) is 0 Å². The summed E-state index contributed by atoms with van der Waals surface area (Å²) in [5.74, 6) is 0.830. The van der Waals surface area contributed by atoms with Gasteiger partial charge in [-0.3, -0.25) is 0 Å². The van der Waals surface area contributed by atoms with E-state index in [1.54, 1.807) is 5.56 Å². The van der Waals surface area contributed by atoms with Gasteiger partial charge in [0.05, 0.1) is 0 Å². The van der Waals surface area contributed by atoms with Crippen LogP contribution >= 0.6 is 11.3 Å². The lowest BCUT2D eigenvalue weighted by Gasteiger charge is -2.13. The number of rotatable bonds is 1. The highest BCUT2D eigenvalue weighted by Gasteiger charge is 2.16. The lowest BCUT2D eigenvalue weighted by molar-refractivity contribution is 0.347. The van der Waals surface area contributed by atoms with Gasteiger partial charge in [-0.1, -0.05) is 0 Å². The molecule has 0 N–H and O–H groups in total. The fraction of sp³-hybridized carbons (Fsp3) is 0.636. The van der Waals surface area contributed by atoms with Crippen LogP contribution in [0.15, 0.2) is 16.8 Å². The van der Waals surface area contributed by atoms with Crippen LogP contribution in [0.2, 0.25) is 0 Å². The summed E-state index contributed by atoms with van der Waals surface area (Å²) in [5, 5.41) is 4.51. The number of hydrogen-bond donors (Lipinski definition) is 0. The molecule has 1 aromatic rings. The predicted molar refractivity (Wildman–Crippen MR) is 58.4 cm³/mol. The molecule has 2 heterocycles. The summed E-state index contributed by atoms with van der Waals surface area (Å²) in [6.45, 7) is 2.54. The van der Waals surface area contributed by atoms with Crippen LogP contribution in [0.3, 0.4) is 0 Å². The standard InChI is InChI=1S/C11H17NS/c1-12-6-2-3-10(4-7-12)11-5-8-13-9-11/h5,8-10H,2-4,6-7H2,1H3. The minimum Gasteiger partial charge on any atom is -0.306 e. The van der Waals surface area contributed by atoms with Gasteiger partial charge in [0.2, 0.25) is 0 Å². The first kappa shape index (κ1) is 9.22. The molecule has 0 bridgehead atoms. The van der Waals surface area contributed by atoms with E-state index in [2.05, 4.69) is 28.8 Å². The fourth-order valence-corrected chi connectivity index (χ4v) is 2.82. The van der Waals surface area contributed by atoms with Crippen molar-refractivity contribution < 1.29 is 0 Å². The Morgan fingerprint density at radius 1 is 1.38 bits per heavy atom. The predicted octanol–water partition coefficient (Wildman–Crippen LogP) is 2.95. The van der Waals surface area contributed by atoms with E-state index in [0.717, 1.165) is 5.92 Å². The summed E-state index contributed by atoms with van der Waals surface area (Å²) in [6, 6.07) is 2.29. The second-order valence-corrected chi connectivity index (χ2v) is 4.77. The second kappa shape index (κ2) is 4.25. The van der Waals surface area contributed by atoms with Crippen LogP contribution in [-0.2, 0) is 0 Å². The Morgan fingerprint density at radius 2 is 2.31 bits per heavy atom. The van der Waals surface area contributed by atoms with Gasteiger partial charge in [-0.15, -0.1) is 0 Å². The maximum atomic E-state index is 2.45. The molecule has 1 aliphatic rings. The third-order valence-corrected chi connectivity index (χ3v) is 3.67. The minimum atomic E-state index is 0.830. The van der Waals surface area contributed by atoms with Crippen molar-refractivity contribution in [3.63, 3.8) is 0 Å². The highest BCUT2D eigenvalue weighted by atomic mass is 32.1. The number of nitrogens with zero attached hydrogens (tertiary/aromatic N) is 1. The summed E-state index contributed by atoms with van der Waals surface area (Å²) in [4.78, 5) is 2.45. The van der Waals surface area contributed by atoms with E-state index in [1.807, 2.05) is 11.3 Å². The fourth-order valence-electron chi connectivity index (χ4n) is 2.08. The molecule has 1 aromatic heterocycles. The van der Waals surface area contributed by atoms with Gasteiger partial charge < -0.3 is 4.90 Å². The Balaban J connectivity index is 2.00. The lowest BCUT2D eigenvalue weighted by atomic mass is 9.95. The Kier molecular flexibility index (Phi) is 3.01. The van der Waals surface area contributed by atoms with Crippen LogP contribution in [0, 0.1) is 0 Å². The van der Waals surface area contributed by atoms with E-state index in [0.29, 0.717) is 0 Å². The van der Waals surface area contributed by atoms with Crippen molar-refractivity contribution >= 4 is 11.3 Å². The molecule has 0 aliphatic carbocycles. The largest absolute Gasteiger partial charge is 0.306 e. The molecule has 1 fully saturated rings. The van der Waals surface area contributed by atoms with Crippen molar-refractivity contribution in [2.45, 2.75) is 25.2 Å². The maximum Gasteiger partial charge on any atom is -0.00160 e. The molecule has 0 saturated carbocycles. The van der Waals surface area contributed by atoms with E-state index in [1.165, 1.54) is 32.4 Å². The third kappa shape index (κ3) is 2.32. The molecule has 1 atom stereocenters. The van der Waals surface area contributed by atoms with Gasteiger partial charge in [0.1, 0.15) is 0 Å². The van der Waals surface area contributed by atoms with Crippen LogP contribution in [0.5, 0.6) is 0 Å². The van der Waals surface area contributed by atoms with Gasteiger partial charge in [0.25, 0.3) is 0 Å². The van der Waals surface area contributed by atoms with Crippen molar-refractivity contribution in [3.05, 3.63) is 22.4 Å². The van der Waals surface area contributed by atoms with E-state index < -0.39 is 0 Å². The van der Waals surface area contributed by atoms with Crippen LogP contribution in [-0.4, -0.2) is 25.0 Å². The first-order valence-corrected chi connectivity index (χ1v) is 6.01. The van der Waals surface area contributed by atoms with Crippen LogP contribution in [0.25, 0.3) is 0 Å². The van der Waals surface area contributed by atoms with Gasteiger partial charge in [-0.2, -0.15) is 11.3 Å². The number of hydrogen-bond acceptors (Lipinski definition) is 2. The summed E-state index contributed by atoms with van der Waals surface area (Å²) in [7, 11) is 2.23. The molecule has 0 aromatic carbocycles. The zero-order valence-corrected chi connectivity index (χ0v) is 9.02.